The van der Waals surface area contributed by atoms with E-state index >= 15 is 0 Å². The SMILES string of the molecule is CCC(NC(=O)c1cn(CC(=O)O)nn1)c1cccs1. The molecule has 0 aliphatic rings. The van der Waals surface area contributed by atoms with Gasteiger partial charge in [0.1, 0.15) is 6.54 Å². The van der Waals surface area contributed by atoms with E-state index in [9.17, 15) is 9.59 Å². The Morgan fingerprint density at radius 2 is 2.35 bits per heavy atom. The van der Waals surface area contributed by atoms with Gasteiger partial charge in [-0.3, -0.25) is 9.59 Å². The molecule has 2 N–H and O–H groups in total. The Bertz CT molecular complexity index is 594. The van der Waals surface area contributed by atoms with Gasteiger partial charge in [-0.2, -0.15) is 0 Å². The largest absolute Gasteiger partial charge is 0.480 e. The molecule has 0 saturated carbocycles. The van der Waals surface area contributed by atoms with Gasteiger partial charge in [0.2, 0.25) is 0 Å². The zero-order chi connectivity index (χ0) is 14.5. The van der Waals surface area contributed by atoms with Crippen LogP contribution < -0.4 is 5.32 Å². The summed E-state index contributed by atoms with van der Waals surface area (Å²) in [6.07, 6.45) is 2.08. The predicted molar refractivity (Wildman–Crippen MR) is 72.5 cm³/mol. The molecule has 2 rings (SSSR count). The molecule has 8 heteroatoms. The molecular weight excluding hydrogens is 280 g/mol. The predicted octanol–water partition coefficient (Wildman–Crippen LogP) is 1.31. The molecule has 1 amide bonds. The molecule has 2 aromatic rings. The molecule has 106 valence electrons. The van der Waals surface area contributed by atoms with Crippen molar-refractivity contribution < 1.29 is 14.7 Å². The Hall–Kier alpha value is -2.22. The van der Waals surface area contributed by atoms with E-state index in [4.69, 9.17) is 5.11 Å². The molecule has 0 bridgehead atoms. The van der Waals surface area contributed by atoms with Crippen LogP contribution in [0, 0.1) is 0 Å². The highest BCUT2D eigenvalue weighted by Crippen LogP contribution is 2.21. The van der Waals surface area contributed by atoms with Crippen molar-refractivity contribution in [1.29, 1.82) is 0 Å². The molecule has 0 fully saturated rings. The quantitative estimate of drug-likeness (QED) is 0.837. The molecule has 0 spiro atoms. The van der Waals surface area contributed by atoms with Gasteiger partial charge in [0.05, 0.1) is 12.2 Å². The number of carbonyl (C=O) groups is 2. The van der Waals surface area contributed by atoms with Gasteiger partial charge >= 0.3 is 5.97 Å². The van der Waals surface area contributed by atoms with Gasteiger partial charge in [-0.25, -0.2) is 4.68 Å². The summed E-state index contributed by atoms with van der Waals surface area (Å²) in [5.41, 5.74) is 0.112. The fourth-order valence-electron chi connectivity index (χ4n) is 1.71. The summed E-state index contributed by atoms with van der Waals surface area (Å²) in [6, 6.07) is 3.81. The molecule has 0 saturated heterocycles. The van der Waals surface area contributed by atoms with Crippen LogP contribution in [0.5, 0.6) is 0 Å². The fraction of sp³-hybridized carbons (Fsp3) is 0.333. The molecule has 2 heterocycles. The minimum absolute atomic E-state index is 0.0767. The number of nitrogens with one attached hydrogen (secondary N) is 1. The molecule has 2 aromatic heterocycles. The van der Waals surface area contributed by atoms with Crippen molar-refractivity contribution in [2.24, 2.45) is 0 Å². The van der Waals surface area contributed by atoms with Crippen LogP contribution in [0.4, 0.5) is 0 Å². The monoisotopic (exact) mass is 294 g/mol. The Labute approximate surface area is 119 Å². The van der Waals surface area contributed by atoms with Crippen molar-refractivity contribution in [3.8, 4) is 0 Å². The third kappa shape index (κ3) is 3.41. The number of carbonyl (C=O) groups excluding carboxylic acids is 1. The number of aromatic nitrogens is 3. The molecule has 0 aromatic carbocycles. The topological polar surface area (TPSA) is 97.1 Å². The van der Waals surface area contributed by atoms with Crippen molar-refractivity contribution in [1.82, 2.24) is 20.3 Å². The molecular formula is C12H14N4O3S. The maximum atomic E-state index is 12.0. The summed E-state index contributed by atoms with van der Waals surface area (Å²) in [4.78, 5) is 23.6. The Morgan fingerprint density at radius 1 is 1.55 bits per heavy atom. The van der Waals surface area contributed by atoms with Crippen LogP contribution in [0.3, 0.4) is 0 Å². The third-order valence-electron chi connectivity index (χ3n) is 2.67. The standard InChI is InChI=1S/C12H14N4O3S/c1-2-8(10-4-3-5-20-10)13-12(19)9-6-16(15-14-9)7-11(17)18/h3-6,8H,2,7H2,1H3,(H,13,19)(H,17,18). The number of aliphatic carboxylic acids is 1. The molecule has 1 atom stereocenters. The van der Waals surface area contributed by atoms with Crippen molar-refractivity contribution in [3.63, 3.8) is 0 Å². The maximum Gasteiger partial charge on any atom is 0.325 e. The van der Waals surface area contributed by atoms with Crippen LogP contribution in [-0.4, -0.2) is 32.0 Å². The molecule has 20 heavy (non-hydrogen) atoms. The van der Waals surface area contributed by atoms with Crippen LogP contribution in [-0.2, 0) is 11.3 Å². The summed E-state index contributed by atoms with van der Waals surface area (Å²) in [5, 5.41) is 20.7. The average Bonchev–Trinajstić information content (AvgIpc) is 3.05. The Morgan fingerprint density at radius 3 is 2.95 bits per heavy atom. The molecule has 0 radical (unpaired) electrons. The van der Waals surface area contributed by atoms with E-state index in [-0.39, 0.29) is 24.2 Å². The third-order valence-corrected chi connectivity index (χ3v) is 3.65. The van der Waals surface area contributed by atoms with E-state index in [2.05, 4.69) is 15.6 Å². The van der Waals surface area contributed by atoms with E-state index in [0.29, 0.717) is 0 Å². The number of rotatable bonds is 6. The lowest BCUT2D eigenvalue weighted by atomic mass is 10.2. The maximum absolute atomic E-state index is 12.0. The first-order valence-electron chi connectivity index (χ1n) is 6.06. The van der Waals surface area contributed by atoms with Gasteiger partial charge in [0.25, 0.3) is 5.91 Å². The van der Waals surface area contributed by atoms with E-state index < -0.39 is 5.97 Å². The van der Waals surface area contributed by atoms with Crippen LogP contribution in [0.2, 0.25) is 0 Å². The van der Waals surface area contributed by atoms with Gasteiger partial charge in [-0.15, -0.1) is 16.4 Å². The van der Waals surface area contributed by atoms with Crippen molar-refractivity contribution in [3.05, 3.63) is 34.3 Å². The molecule has 0 aliphatic carbocycles. The minimum atomic E-state index is -1.04. The van der Waals surface area contributed by atoms with Gasteiger partial charge in [0.15, 0.2) is 5.69 Å². The minimum Gasteiger partial charge on any atom is -0.480 e. The Balaban J connectivity index is 2.03. The fourth-order valence-corrected chi connectivity index (χ4v) is 2.58. The molecule has 1 unspecified atom stereocenters. The van der Waals surface area contributed by atoms with Crippen molar-refractivity contribution in [2.75, 3.05) is 0 Å². The van der Waals surface area contributed by atoms with Gasteiger partial charge < -0.3 is 10.4 Å². The number of carboxylic acids is 1. The number of hydrogen-bond donors (Lipinski definition) is 2. The van der Waals surface area contributed by atoms with E-state index in [0.717, 1.165) is 16.0 Å². The highest BCUT2D eigenvalue weighted by atomic mass is 32.1. The van der Waals surface area contributed by atoms with E-state index in [1.165, 1.54) is 6.20 Å². The first kappa shape index (κ1) is 14.2. The summed E-state index contributed by atoms with van der Waals surface area (Å²) in [7, 11) is 0. The second kappa shape index (κ2) is 6.29. The number of hydrogen-bond acceptors (Lipinski definition) is 5. The lowest BCUT2D eigenvalue weighted by Gasteiger charge is -2.14. The van der Waals surface area contributed by atoms with Crippen LogP contribution in [0.15, 0.2) is 23.7 Å². The van der Waals surface area contributed by atoms with E-state index in [1.807, 2.05) is 24.4 Å². The zero-order valence-corrected chi connectivity index (χ0v) is 11.6. The molecule has 7 nitrogen and oxygen atoms in total. The molecule has 0 aliphatic heterocycles. The van der Waals surface area contributed by atoms with Crippen LogP contribution in [0.1, 0.15) is 34.8 Å². The summed E-state index contributed by atoms with van der Waals surface area (Å²) >= 11 is 1.57. The van der Waals surface area contributed by atoms with Crippen LogP contribution >= 0.6 is 11.3 Å². The highest BCUT2D eigenvalue weighted by Gasteiger charge is 2.17. The van der Waals surface area contributed by atoms with Crippen LogP contribution in [0.25, 0.3) is 0 Å². The smallest absolute Gasteiger partial charge is 0.325 e. The van der Waals surface area contributed by atoms with Crippen molar-refractivity contribution >= 4 is 23.2 Å². The van der Waals surface area contributed by atoms with Gasteiger partial charge in [-0.1, -0.05) is 18.2 Å². The summed E-state index contributed by atoms with van der Waals surface area (Å²) in [6.45, 7) is 1.66. The zero-order valence-electron chi connectivity index (χ0n) is 10.8. The number of nitrogens with zero attached hydrogens (tertiary/aromatic N) is 3. The first-order valence-corrected chi connectivity index (χ1v) is 6.94. The number of carboxylic acid groups (broad SMARTS) is 1. The first-order chi connectivity index (χ1) is 9.60. The number of amides is 1. The Kier molecular flexibility index (Phi) is 4.46. The summed E-state index contributed by atoms with van der Waals surface area (Å²) in [5.74, 6) is -1.39. The second-order valence-electron chi connectivity index (χ2n) is 4.14. The summed E-state index contributed by atoms with van der Waals surface area (Å²) < 4.78 is 1.11. The van der Waals surface area contributed by atoms with E-state index in [1.54, 1.807) is 11.3 Å². The van der Waals surface area contributed by atoms with Crippen molar-refractivity contribution in [2.45, 2.75) is 25.9 Å². The van der Waals surface area contributed by atoms with Gasteiger partial charge in [0, 0.05) is 4.88 Å². The lowest BCUT2D eigenvalue weighted by molar-refractivity contribution is -0.137. The average molecular weight is 294 g/mol. The van der Waals surface area contributed by atoms with Gasteiger partial charge in [-0.05, 0) is 17.9 Å². The second-order valence-corrected chi connectivity index (χ2v) is 5.12. The highest BCUT2D eigenvalue weighted by molar-refractivity contribution is 7.10. The lowest BCUT2D eigenvalue weighted by Crippen LogP contribution is -2.27. The number of thiophene rings is 1. The normalized spacial score (nSPS) is 12.1.